The predicted molar refractivity (Wildman–Crippen MR) is 217 cm³/mol. The fraction of sp³-hybridized carbons (Fsp3) is 0.833. The Hall–Kier alpha value is -1.28. The number of nitrogens with zero attached hydrogens (tertiary/aromatic N) is 1. The highest BCUT2D eigenvalue weighted by atomic mass is 31.2. The second kappa shape index (κ2) is 34.5. The Labute approximate surface area is 315 Å². The van der Waals surface area contributed by atoms with E-state index in [1.165, 1.54) is 83.5 Å². The Morgan fingerprint density at radius 2 is 1.12 bits per heavy atom. The van der Waals surface area contributed by atoms with Gasteiger partial charge in [0.15, 0.2) is 0 Å². The standard InChI is InChI=1S/C42H81N2O6P/c1-6-8-10-12-14-16-18-19-20-21-22-23-24-25-26-28-30-32-34-36-42(46)43-40(39-50-51(47,48)49-38-37-44(3,4)5)41(45)35-33-31-29-27-17-15-13-11-9-7-2/h14,16,19-20,22-23,40-41,45H,6-13,15,17-18,21,24-39H2,1-5H3,(H-,43,46,47,48)/p+1/b16-14-,20-19-,23-22-. The molecule has 0 aromatic carbocycles. The van der Waals surface area contributed by atoms with Gasteiger partial charge in [-0.25, -0.2) is 4.57 Å². The molecule has 3 unspecified atom stereocenters. The van der Waals surface area contributed by atoms with Crippen LogP contribution in [0.5, 0.6) is 0 Å². The number of quaternary nitrogens is 1. The number of allylic oxidation sites excluding steroid dienone is 6. The van der Waals surface area contributed by atoms with Crippen LogP contribution in [0.1, 0.15) is 174 Å². The fourth-order valence-electron chi connectivity index (χ4n) is 5.76. The molecule has 0 saturated heterocycles. The maximum atomic E-state index is 12.8. The first-order valence-corrected chi connectivity index (χ1v) is 22.3. The smallest absolute Gasteiger partial charge is 0.391 e. The molecule has 3 N–H and O–H groups in total. The van der Waals surface area contributed by atoms with Gasteiger partial charge in [-0.1, -0.05) is 153 Å². The molecule has 51 heavy (non-hydrogen) atoms. The van der Waals surface area contributed by atoms with Crippen LogP contribution in [0.15, 0.2) is 36.5 Å². The Morgan fingerprint density at radius 3 is 1.67 bits per heavy atom. The lowest BCUT2D eigenvalue weighted by Gasteiger charge is -2.26. The second-order valence-electron chi connectivity index (χ2n) is 15.4. The van der Waals surface area contributed by atoms with Gasteiger partial charge in [-0.05, 0) is 51.4 Å². The number of amides is 1. The molecule has 0 aliphatic rings. The van der Waals surface area contributed by atoms with Gasteiger partial charge < -0.3 is 19.8 Å². The molecule has 0 rings (SSSR count). The van der Waals surface area contributed by atoms with Crippen LogP contribution in [0.2, 0.25) is 0 Å². The van der Waals surface area contributed by atoms with Crippen molar-refractivity contribution in [2.24, 2.45) is 0 Å². The quantitative estimate of drug-likeness (QED) is 0.0253. The second-order valence-corrected chi connectivity index (χ2v) is 16.8. The summed E-state index contributed by atoms with van der Waals surface area (Å²) in [5, 5.41) is 13.9. The number of hydrogen-bond donors (Lipinski definition) is 3. The number of nitrogens with one attached hydrogen (secondary N) is 1. The van der Waals surface area contributed by atoms with E-state index in [0.717, 1.165) is 64.2 Å². The van der Waals surface area contributed by atoms with Crippen molar-refractivity contribution in [2.45, 2.75) is 187 Å². The summed E-state index contributed by atoms with van der Waals surface area (Å²) in [6.07, 6.45) is 40.2. The van der Waals surface area contributed by atoms with Crippen molar-refractivity contribution in [3.63, 3.8) is 0 Å². The highest BCUT2D eigenvalue weighted by molar-refractivity contribution is 7.47. The largest absolute Gasteiger partial charge is 0.472 e. The molecular formula is C42H82N2O6P+. The molecule has 8 nitrogen and oxygen atoms in total. The van der Waals surface area contributed by atoms with Crippen LogP contribution in [0.3, 0.4) is 0 Å². The first-order valence-electron chi connectivity index (χ1n) is 20.9. The summed E-state index contributed by atoms with van der Waals surface area (Å²) >= 11 is 0. The molecule has 0 fully saturated rings. The normalized spacial score (nSPS) is 14.9. The van der Waals surface area contributed by atoms with E-state index in [9.17, 15) is 19.4 Å². The minimum Gasteiger partial charge on any atom is -0.391 e. The number of aliphatic hydroxyl groups excluding tert-OH is 1. The Morgan fingerprint density at radius 1 is 0.667 bits per heavy atom. The van der Waals surface area contributed by atoms with Gasteiger partial charge >= 0.3 is 7.82 Å². The van der Waals surface area contributed by atoms with Gasteiger partial charge in [0, 0.05) is 6.42 Å². The van der Waals surface area contributed by atoms with Gasteiger partial charge in [0.2, 0.25) is 5.91 Å². The zero-order valence-electron chi connectivity index (χ0n) is 33.8. The SMILES string of the molecule is CCCCC/C=C\C/C=C\C/C=C\CCCCCCCCC(=O)NC(COP(=O)(O)OCC[N+](C)(C)C)C(O)CCCCCCCCCCCC. The summed E-state index contributed by atoms with van der Waals surface area (Å²) in [4.78, 5) is 23.1. The average Bonchev–Trinajstić information content (AvgIpc) is 3.07. The first kappa shape index (κ1) is 49.7. The number of rotatable bonds is 37. The van der Waals surface area contributed by atoms with Crippen LogP contribution in [-0.2, 0) is 18.4 Å². The maximum Gasteiger partial charge on any atom is 0.472 e. The molecule has 0 radical (unpaired) electrons. The number of hydrogen-bond acceptors (Lipinski definition) is 5. The van der Waals surface area contributed by atoms with Crippen molar-refractivity contribution < 1.29 is 32.9 Å². The number of phosphoric ester groups is 1. The van der Waals surface area contributed by atoms with Crippen molar-refractivity contribution in [2.75, 3.05) is 40.9 Å². The Kier molecular flexibility index (Phi) is 33.6. The third-order valence-corrected chi connectivity index (χ3v) is 10.1. The molecule has 3 atom stereocenters. The van der Waals surface area contributed by atoms with Crippen LogP contribution < -0.4 is 5.32 Å². The van der Waals surface area contributed by atoms with Gasteiger partial charge in [-0.3, -0.25) is 13.8 Å². The van der Waals surface area contributed by atoms with Crippen LogP contribution in [0, 0.1) is 0 Å². The summed E-state index contributed by atoms with van der Waals surface area (Å²) < 4.78 is 23.5. The Balaban J connectivity index is 4.38. The zero-order valence-corrected chi connectivity index (χ0v) is 34.7. The Bertz CT molecular complexity index is 933. The average molecular weight is 742 g/mol. The third-order valence-electron chi connectivity index (χ3n) is 9.14. The summed E-state index contributed by atoms with van der Waals surface area (Å²) in [6, 6.07) is -0.765. The monoisotopic (exact) mass is 742 g/mol. The van der Waals surface area contributed by atoms with Crippen molar-refractivity contribution in [3.05, 3.63) is 36.5 Å². The number of likely N-dealkylation sites (N-methyl/N-ethyl adjacent to an activating group) is 1. The molecule has 1 amide bonds. The maximum absolute atomic E-state index is 12.8. The van der Waals surface area contributed by atoms with Gasteiger partial charge in [0.25, 0.3) is 0 Å². The van der Waals surface area contributed by atoms with Crippen LogP contribution in [0.4, 0.5) is 0 Å². The van der Waals surface area contributed by atoms with Crippen LogP contribution >= 0.6 is 7.82 Å². The highest BCUT2D eigenvalue weighted by Crippen LogP contribution is 2.43. The summed E-state index contributed by atoms with van der Waals surface area (Å²) in [5.74, 6) is -0.161. The molecule has 0 spiro atoms. The molecule has 0 aliphatic heterocycles. The van der Waals surface area contributed by atoms with Crippen molar-refractivity contribution in [3.8, 4) is 0 Å². The van der Waals surface area contributed by atoms with E-state index in [1.807, 2.05) is 21.1 Å². The first-order chi connectivity index (χ1) is 24.5. The van der Waals surface area contributed by atoms with E-state index in [1.54, 1.807) is 0 Å². The predicted octanol–water partition coefficient (Wildman–Crippen LogP) is 11.1. The lowest BCUT2D eigenvalue weighted by Crippen LogP contribution is -2.46. The molecule has 0 bridgehead atoms. The van der Waals surface area contributed by atoms with Crippen LogP contribution in [0.25, 0.3) is 0 Å². The molecule has 0 aromatic rings. The van der Waals surface area contributed by atoms with Crippen LogP contribution in [-0.4, -0.2) is 73.4 Å². The fourth-order valence-corrected chi connectivity index (χ4v) is 6.49. The number of aliphatic hydroxyl groups is 1. The molecule has 300 valence electrons. The van der Waals surface area contributed by atoms with Gasteiger partial charge in [-0.2, -0.15) is 0 Å². The number of phosphoric acid groups is 1. The number of carbonyl (C=O) groups is 1. The van der Waals surface area contributed by atoms with E-state index >= 15 is 0 Å². The summed E-state index contributed by atoms with van der Waals surface area (Å²) in [6.45, 7) is 4.82. The molecular weight excluding hydrogens is 659 g/mol. The van der Waals surface area contributed by atoms with Crippen molar-refractivity contribution in [1.29, 1.82) is 0 Å². The number of carbonyl (C=O) groups excluding carboxylic acids is 1. The highest BCUT2D eigenvalue weighted by Gasteiger charge is 2.28. The van der Waals surface area contributed by atoms with Gasteiger partial charge in [0.1, 0.15) is 13.2 Å². The molecule has 0 saturated carbocycles. The molecule has 9 heteroatoms. The lowest BCUT2D eigenvalue weighted by atomic mass is 10.0. The van der Waals surface area contributed by atoms with E-state index < -0.39 is 20.0 Å². The topological polar surface area (TPSA) is 105 Å². The van der Waals surface area contributed by atoms with Gasteiger partial charge in [0.05, 0.1) is 39.9 Å². The lowest BCUT2D eigenvalue weighted by molar-refractivity contribution is -0.870. The van der Waals surface area contributed by atoms with Gasteiger partial charge in [-0.15, -0.1) is 0 Å². The van der Waals surface area contributed by atoms with E-state index in [2.05, 4.69) is 55.6 Å². The molecule has 0 aliphatic carbocycles. The summed E-state index contributed by atoms with van der Waals surface area (Å²) in [5.41, 5.74) is 0. The minimum atomic E-state index is -4.31. The number of unbranched alkanes of at least 4 members (excludes halogenated alkanes) is 18. The van der Waals surface area contributed by atoms with E-state index in [-0.39, 0.29) is 19.1 Å². The minimum absolute atomic E-state index is 0.0708. The van der Waals surface area contributed by atoms with Crippen molar-refractivity contribution in [1.82, 2.24) is 5.32 Å². The van der Waals surface area contributed by atoms with Crippen molar-refractivity contribution >= 4 is 13.7 Å². The third kappa shape index (κ3) is 36.9. The summed E-state index contributed by atoms with van der Waals surface area (Å²) in [7, 11) is 1.60. The van der Waals surface area contributed by atoms with E-state index in [4.69, 9.17) is 9.05 Å². The zero-order chi connectivity index (χ0) is 37.9. The molecule has 0 aromatic heterocycles. The molecule has 0 heterocycles. The van der Waals surface area contributed by atoms with E-state index in [0.29, 0.717) is 23.9 Å².